The van der Waals surface area contributed by atoms with Gasteiger partial charge in [0.15, 0.2) is 5.11 Å². The molecule has 0 aliphatic heterocycles. The molecule has 2 aliphatic carbocycles. The van der Waals surface area contributed by atoms with Gasteiger partial charge in [-0.25, -0.2) is 0 Å². The largest absolute Gasteiger partial charge is 0.359 e. The highest BCUT2D eigenvalue weighted by molar-refractivity contribution is 7.80. The minimum Gasteiger partial charge on any atom is -0.359 e. The van der Waals surface area contributed by atoms with Crippen LogP contribution in [0.25, 0.3) is 0 Å². The molecule has 2 aromatic rings. The van der Waals surface area contributed by atoms with E-state index < -0.39 is 0 Å². The molecule has 0 saturated heterocycles. The molecule has 1 saturated carbocycles. The Morgan fingerprint density at radius 2 is 1.68 bits per heavy atom. The summed E-state index contributed by atoms with van der Waals surface area (Å²) in [6.07, 6.45) is 8.13. The van der Waals surface area contributed by atoms with Gasteiger partial charge in [0, 0.05) is 6.04 Å². The summed E-state index contributed by atoms with van der Waals surface area (Å²) in [5.41, 5.74) is 2.58. The number of hydrogen-bond donors (Lipinski definition) is 2. The molecule has 2 bridgehead atoms. The Hall–Kier alpha value is -2.13. The van der Waals surface area contributed by atoms with Crippen LogP contribution in [0.4, 0.5) is 0 Å². The Morgan fingerprint density at radius 3 is 2.32 bits per heavy atom. The maximum atomic E-state index is 5.65. The van der Waals surface area contributed by atoms with E-state index in [0.717, 1.165) is 17.5 Å². The minimum atomic E-state index is 0.178. The van der Waals surface area contributed by atoms with E-state index in [0.29, 0.717) is 12.0 Å². The molecular weight excluding hydrogens is 324 g/mol. The molecule has 1 fully saturated rings. The van der Waals surface area contributed by atoms with Gasteiger partial charge in [0.05, 0.1) is 6.04 Å². The Balaban J connectivity index is 1.44. The zero-order chi connectivity index (χ0) is 17.1. The highest BCUT2D eigenvalue weighted by Gasteiger charge is 2.36. The third-order valence-electron chi connectivity index (χ3n) is 5.39. The molecule has 3 heteroatoms. The van der Waals surface area contributed by atoms with Crippen molar-refractivity contribution in [2.75, 3.05) is 0 Å². The Bertz CT molecular complexity index is 741. The van der Waals surface area contributed by atoms with Crippen molar-refractivity contribution < 1.29 is 0 Å². The van der Waals surface area contributed by atoms with E-state index >= 15 is 0 Å². The van der Waals surface area contributed by atoms with Gasteiger partial charge in [-0.1, -0.05) is 72.8 Å². The third kappa shape index (κ3) is 3.93. The van der Waals surface area contributed by atoms with Gasteiger partial charge in [0.2, 0.25) is 0 Å². The van der Waals surface area contributed by atoms with Crippen molar-refractivity contribution in [2.24, 2.45) is 11.8 Å². The summed E-state index contributed by atoms with van der Waals surface area (Å²) in [6.45, 7) is 0. The van der Waals surface area contributed by atoms with Gasteiger partial charge in [-0.3, -0.25) is 0 Å². The summed E-state index contributed by atoms with van der Waals surface area (Å²) in [5.74, 6) is 1.40. The quantitative estimate of drug-likeness (QED) is 0.619. The number of allylic oxidation sites excluding steroid dienone is 1. The van der Waals surface area contributed by atoms with Crippen molar-refractivity contribution in [3.05, 3.63) is 83.9 Å². The monoisotopic (exact) mass is 348 g/mol. The summed E-state index contributed by atoms with van der Waals surface area (Å²) in [6, 6.07) is 21.8. The van der Waals surface area contributed by atoms with Crippen LogP contribution in [0.2, 0.25) is 0 Å². The number of rotatable bonds is 5. The van der Waals surface area contributed by atoms with Gasteiger partial charge in [0.25, 0.3) is 0 Å². The Labute approximate surface area is 155 Å². The summed E-state index contributed by atoms with van der Waals surface area (Å²) < 4.78 is 0. The van der Waals surface area contributed by atoms with Gasteiger partial charge in [-0.2, -0.15) is 0 Å². The van der Waals surface area contributed by atoms with Crippen LogP contribution in [0, 0.1) is 11.8 Å². The maximum absolute atomic E-state index is 5.65. The van der Waals surface area contributed by atoms with Crippen LogP contribution in [0.3, 0.4) is 0 Å². The SMILES string of the molecule is S=C(N[C@H]1C[C@@H]2C=C[C@@H]1C2)N[C@H](Cc1ccccc1)c1ccccc1. The summed E-state index contributed by atoms with van der Waals surface area (Å²) >= 11 is 5.65. The molecule has 0 unspecified atom stereocenters. The predicted octanol–water partition coefficient (Wildman–Crippen LogP) is 4.40. The number of fused-ring (bicyclic) bond motifs is 2. The molecule has 2 N–H and O–H groups in total. The van der Waals surface area contributed by atoms with E-state index in [-0.39, 0.29) is 6.04 Å². The molecule has 0 aromatic heterocycles. The molecule has 25 heavy (non-hydrogen) atoms. The lowest BCUT2D eigenvalue weighted by molar-refractivity contribution is 0.511. The zero-order valence-electron chi connectivity index (χ0n) is 14.3. The fourth-order valence-corrected chi connectivity index (χ4v) is 4.40. The third-order valence-corrected chi connectivity index (χ3v) is 5.62. The molecule has 4 rings (SSSR count). The number of hydrogen-bond acceptors (Lipinski definition) is 1. The van der Waals surface area contributed by atoms with Gasteiger partial charge in [-0.15, -0.1) is 0 Å². The second kappa shape index (κ2) is 7.40. The fraction of sp³-hybridized carbons (Fsp3) is 0.318. The maximum Gasteiger partial charge on any atom is 0.167 e. The number of nitrogens with one attached hydrogen (secondary N) is 2. The molecule has 2 aliphatic rings. The Morgan fingerprint density at radius 1 is 0.960 bits per heavy atom. The molecule has 0 radical (unpaired) electrons. The molecule has 4 atom stereocenters. The second-order valence-corrected chi connectivity index (χ2v) is 7.57. The average molecular weight is 349 g/mol. The van der Waals surface area contributed by atoms with Gasteiger partial charge in [0.1, 0.15) is 0 Å². The van der Waals surface area contributed by atoms with E-state index in [1.165, 1.54) is 24.0 Å². The molecule has 0 heterocycles. The van der Waals surface area contributed by atoms with Crippen molar-refractivity contribution in [1.82, 2.24) is 10.6 Å². The van der Waals surface area contributed by atoms with Crippen molar-refractivity contribution >= 4 is 17.3 Å². The van der Waals surface area contributed by atoms with E-state index in [4.69, 9.17) is 12.2 Å². The molecule has 128 valence electrons. The average Bonchev–Trinajstić information content (AvgIpc) is 3.26. The standard InChI is InChI=1S/C22H24N2S/c25-22(24-21-15-17-11-12-19(21)13-17)23-20(18-9-5-2-6-10-18)14-16-7-3-1-4-8-16/h1-12,17,19-21H,13-15H2,(H2,23,24,25)/t17-,19-,20-,21+/m1/s1. The summed E-state index contributed by atoms with van der Waals surface area (Å²) in [7, 11) is 0. The predicted molar refractivity (Wildman–Crippen MR) is 107 cm³/mol. The summed E-state index contributed by atoms with van der Waals surface area (Å²) in [5, 5.41) is 7.90. The number of benzene rings is 2. The van der Waals surface area contributed by atoms with Crippen LogP contribution in [0.5, 0.6) is 0 Å². The smallest absolute Gasteiger partial charge is 0.167 e. The van der Waals surface area contributed by atoms with Gasteiger partial charge < -0.3 is 10.6 Å². The lowest BCUT2D eigenvalue weighted by Crippen LogP contribution is -2.45. The molecule has 2 aromatic carbocycles. The van der Waals surface area contributed by atoms with Crippen LogP contribution in [-0.2, 0) is 6.42 Å². The first kappa shape index (κ1) is 16.3. The first-order valence-electron chi connectivity index (χ1n) is 9.12. The normalized spacial score (nSPS) is 24.9. The van der Waals surface area contributed by atoms with Crippen molar-refractivity contribution in [1.29, 1.82) is 0 Å². The van der Waals surface area contributed by atoms with Gasteiger partial charge >= 0.3 is 0 Å². The van der Waals surface area contributed by atoms with Crippen LogP contribution in [0.15, 0.2) is 72.8 Å². The first-order valence-corrected chi connectivity index (χ1v) is 9.53. The van der Waals surface area contributed by atoms with Gasteiger partial charge in [-0.05, 0) is 54.4 Å². The van der Waals surface area contributed by atoms with Crippen LogP contribution in [-0.4, -0.2) is 11.2 Å². The topological polar surface area (TPSA) is 24.1 Å². The first-order chi connectivity index (χ1) is 12.3. The second-order valence-electron chi connectivity index (χ2n) is 7.16. The lowest BCUT2D eigenvalue weighted by Gasteiger charge is -2.26. The lowest BCUT2D eigenvalue weighted by atomic mass is 9.99. The summed E-state index contributed by atoms with van der Waals surface area (Å²) in [4.78, 5) is 0. The molecule has 0 spiro atoms. The fourth-order valence-electron chi connectivity index (χ4n) is 4.10. The minimum absolute atomic E-state index is 0.178. The van der Waals surface area contributed by atoms with Crippen molar-refractivity contribution in [3.63, 3.8) is 0 Å². The van der Waals surface area contributed by atoms with E-state index in [1.807, 2.05) is 0 Å². The number of thiocarbonyl (C=S) groups is 1. The van der Waals surface area contributed by atoms with E-state index in [1.54, 1.807) is 0 Å². The molecular formula is C22H24N2S. The van der Waals surface area contributed by atoms with E-state index in [9.17, 15) is 0 Å². The molecule has 0 amide bonds. The van der Waals surface area contributed by atoms with E-state index in [2.05, 4.69) is 83.4 Å². The van der Waals surface area contributed by atoms with Crippen molar-refractivity contribution in [2.45, 2.75) is 31.3 Å². The van der Waals surface area contributed by atoms with Crippen LogP contribution >= 0.6 is 12.2 Å². The van der Waals surface area contributed by atoms with Crippen molar-refractivity contribution in [3.8, 4) is 0 Å². The van der Waals surface area contributed by atoms with Crippen LogP contribution < -0.4 is 10.6 Å². The highest BCUT2D eigenvalue weighted by atomic mass is 32.1. The molecule has 2 nitrogen and oxygen atoms in total. The highest BCUT2D eigenvalue weighted by Crippen LogP contribution is 2.38. The Kier molecular flexibility index (Phi) is 4.84. The zero-order valence-corrected chi connectivity index (χ0v) is 15.1. The van der Waals surface area contributed by atoms with Crippen LogP contribution in [0.1, 0.15) is 30.0 Å².